The van der Waals surface area contributed by atoms with E-state index in [9.17, 15) is 33.9 Å². The van der Waals surface area contributed by atoms with Crippen molar-refractivity contribution in [2.75, 3.05) is 6.61 Å². The number of aliphatic carboxylic acids is 2. The molecule has 0 saturated heterocycles. The number of primary amides is 1. The standard InChI is InChI=1S/C23H30N6O9/c24-13(7-11-9-26-14-4-2-1-3-12(11)14)20(34)28-16(8-19(32)33)22(36)27-15(5-6-18(25)31)21(35)29-17(10-30)23(37)38/h1-4,9,13,15-17,26,30H,5-8,10,24H2,(H2,25,31)(H,27,36)(H,28,34)(H,29,35)(H,32,33)(H,37,38). The molecule has 4 atom stereocenters. The largest absolute Gasteiger partial charge is 0.481 e. The molecule has 1 aromatic heterocycles. The van der Waals surface area contributed by atoms with E-state index in [1.165, 1.54) is 0 Å². The highest BCUT2D eigenvalue weighted by Gasteiger charge is 2.31. The molecule has 1 heterocycles. The fraction of sp³-hybridized carbons (Fsp3) is 0.391. The zero-order valence-corrected chi connectivity index (χ0v) is 20.2. The molecule has 11 N–H and O–H groups in total. The number of nitrogens with two attached hydrogens (primary N) is 2. The average Bonchev–Trinajstić information content (AvgIpc) is 3.26. The first-order valence-electron chi connectivity index (χ1n) is 11.5. The number of fused-ring (bicyclic) bond motifs is 1. The second kappa shape index (κ2) is 13.7. The number of aliphatic hydroxyl groups excluding tert-OH is 1. The first kappa shape index (κ1) is 29.7. The van der Waals surface area contributed by atoms with E-state index in [4.69, 9.17) is 21.7 Å². The Kier molecular flexibility index (Phi) is 10.7. The molecule has 4 amide bonds. The second-order valence-corrected chi connectivity index (χ2v) is 8.48. The van der Waals surface area contributed by atoms with Crippen molar-refractivity contribution in [3.8, 4) is 0 Å². The number of aromatic nitrogens is 1. The van der Waals surface area contributed by atoms with E-state index in [2.05, 4.69) is 15.6 Å². The van der Waals surface area contributed by atoms with E-state index in [-0.39, 0.29) is 19.3 Å². The quantitative estimate of drug-likeness (QED) is 0.114. The van der Waals surface area contributed by atoms with Gasteiger partial charge in [0.25, 0.3) is 0 Å². The number of H-pyrrole nitrogens is 1. The van der Waals surface area contributed by atoms with Gasteiger partial charge in [0.15, 0.2) is 0 Å². The number of aliphatic hydroxyl groups is 1. The Balaban J connectivity index is 2.14. The van der Waals surface area contributed by atoms with Gasteiger partial charge in [0.2, 0.25) is 23.6 Å². The van der Waals surface area contributed by atoms with Crippen molar-refractivity contribution < 1.29 is 44.1 Å². The number of benzene rings is 1. The van der Waals surface area contributed by atoms with Crippen LogP contribution in [-0.4, -0.2) is 86.6 Å². The first-order valence-corrected chi connectivity index (χ1v) is 11.5. The summed E-state index contributed by atoms with van der Waals surface area (Å²) in [5.41, 5.74) is 12.7. The number of hydrogen-bond acceptors (Lipinski definition) is 8. The van der Waals surface area contributed by atoms with Crippen molar-refractivity contribution in [2.24, 2.45) is 11.5 Å². The van der Waals surface area contributed by atoms with Crippen LogP contribution in [0, 0.1) is 0 Å². The van der Waals surface area contributed by atoms with Crippen LogP contribution in [0.4, 0.5) is 0 Å². The molecule has 2 rings (SSSR count). The van der Waals surface area contributed by atoms with Gasteiger partial charge >= 0.3 is 11.9 Å². The van der Waals surface area contributed by atoms with Crippen LogP contribution in [-0.2, 0) is 35.2 Å². The third kappa shape index (κ3) is 8.56. The summed E-state index contributed by atoms with van der Waals surface area (Å²) in [5.74, 6) is -6.83. The zero-order valence-electron chi connectivity index (χ0n) is 20.2. The van der Waals surface area contributed by atoms with Crippen LogP contribution in [0.3, 0.4) is 0 Å². The van der Waals surface area contributed by atoms with Crippen LogP contribution in [0.2, 0.25) is 0 Å². The van der Waals surface area contributed by atoms with Crippen LogP contribution < -0.4 is 27.4 Å². The van der Waals surface area contributed by atoms with Crippen LogP contribution in [0.25, 0.3) is 10.9 Å². The summed E-state index contributed by atoms with van der Waals surface area (Å²) in [6.45, 7) is -0.955. The maximum atomic E-state index is 12.9. The minimum absolute atomic E-state index is 0.0681. The third-order valence-electron chi connectivity index (χ3n) is 5.57. The molecule has 2 aromatic rings. The van der Waals surface area contributed by atoms with E-state index < -0.39 is 72.8 Å². The van der Waals surface area contributed by atoms with Crippen molar-refractivity contribution in [3.63, 3.8) is 0 Å². The number of carbonyl (C=O) groups excluding carboxylic acids is 4. The molecule has 0 spiro atoms. The van der Waals surface area contributed by atoms with Crippen LogP contribution >= 0.6 is 0 Å². The average molecular weight is 535 g/mol. The monoisotopic (exact) mass is 534 g/mol. The molecule has 0 aliphatic rings. The summed E-state index contributed by atoms with van der Waals surface area (Å²) >= 11 is 0. The SMILES string of the molecule is NC(=O)CCC(NC(=O)C(CC(=O)O)NC(=O)C(N)Cc1c[nH]c2ccccc12)C(=O)NC(CO)C(=O)O. The molecule has 206 valence electrons. The number of nitrogens with one attached hydrogen (secondary N) is 4. The molecule has 0 saturated carbocycles. The van der Waals surface area contributed by atoms with Gasteiger partial charge in [0.05, 0.1) is 19.1 Å². The molecule has 0 bridgehead atoms. The maximum absolute atomic E-state index is 12.9. The molecule has 38 heavy (non-hydrogen) atoms. The van der Waals surface area contributed by atoms with E-state index >= 15 is 0 Å². The van der Waals surface area contributed by atoms with Gasteiger partial charge in [-0.2, -0.15) is 0 Å². The summed E-state index contributed by atoms with van der Waals surface area (Å²) in [4.78, 5) is 74.9. The Hall–Kier alpha value is -4.50. The minimum Gasteiger partial charge on any atom is -0.481 e. The van der Waals surface area contributed by atoms with E-state index in [1.54, 1.807) is 6.20 Å². The number of carboxylic acids is 2. The lowest BCUT2D eigenvalue weighted by molar-refractivity contribution is -0.144. The number of aromatic amines is 1. The molecule has 0 radical (unpaired) electrons. The highest BCUT2D eigenvalue weighted by atomic mass is 16.4. The van der Waals surface area contributed by atoms with Crippen LogP contribution in [0.15, 0.2) is 30.5 Å². The summed E-state index contributed by atoms with van der Waals surface area (Å²) in [7, 11) is 0. The highest BCUT2D eigenvalue weighted by molar-refractivity contribution is 5.96. The number of hydrogen-bond donors (Lipinski definition) is 9. The van der Waals surface area contributed by atoms with Crippen molar-refractivity contribution in [1.82, 2.24) is 20.9 Å². The van der Waals surface area contributed by atoms with Gasteiger partial charge in [-0.05, 0) is 24.5 Å². The van der Waals surface area contributed by atoms with Gasteiger partial charge in [-0.3, -0.25) is 24.0 Å². The number of carboxylic acid groups (broad SMARTS) is 2. The van der Waals surface area contributed by atoms with Crippen molar-refractivity contribution >= 4 is 46.5 Å². The number of para-hydroxylation sites is 1. The Morgan fingerprint density at radius 3 is 2.11 bits per heavy atom. The fourth-order valence-corrected chi connectivity index (χ4v) is 3.58. The smallest absolute Gasteiger partial charge is 0.328 e. The van der Waals surface area contributed by atoms with Crippen LogP contribution in [0.5, 0.6) is 0 Å². The normalized spacial score (nSPS) is 14.1. The molecule has 15 heteroatoms. The molecule has 4 unspecified atom stereocenters. The number of carbonyl (C=O) groups is 6. The Labute approximate surface area is 215 Å². The zero-order chi connectivity index (χ0) is 28.4. The van der Waals surface area contributed by atoms with Crippen LogP contribution in [0.1, 0.15) is 24.8 Å². The van der Waals surface area contributed by atoms with Gasteiger partial charge in [0.1, 0.15) is 18.1 Å². The molecule has 0 aliphatic carbocycles. The van der Waals surface area contributed by atoms with Gasteiger partial charge < -0.3 is 47.7 Å². The maximum Gasteiger partial charge on any atom is 0.328 e. The Morgan fingerprint density at radius 2 is 1.50 bits per heavy atom. The lowest BCUT2D eigenvalue weighted by Gasteiger charge is -2.24. The van der Waals surface area contributed by atoms with Crippen molar-refractivity contribution in [3.05, 3.63) is 36.0 Å². The molecule has 15 nitrogen and oxygen atoms in total. The van der Waals surface area contributed by atoms with E-state index in [0.29, 0.717) is 0 Å². The lowest BCUT2D eigenvalue weighted by atomic mass is 10.0. The van der Waals surface area contributed by atoms with E-state index in [0.717, 1.165) is 16.5 Å². The summed E-state index contributed by atoms with van der Waals surface area (Å²) < 4.78 is 0. The highest BCUT2D eigenvalue weighted by Crippen LogP contribution is 2.18. The van der Waals surface area contributed by atoms with Crippen molar-refractivity contribution in [2.45, 2.75) is 49.9 Å². The van der Waals surface area contributed by atoms with Gasteiger partial charge in [-0.15, -0.1) is 0 Å². The molecule has 0 aliphatic heterocycles. The van der Waals surface area contributed by atoms with Gasteiger partial charge in [-0.25, -0.2) is 4.79 Å². The minimum atomic E-state index is -1.70. The van der Waals surface area contributed by atoms with Gasteiger partial charge in [0, 0.05) is 23.5 Å². The van der Waals surface area contributed by atoms with Crippen molar-refractivity contribution in [1.29, 1.82) is 0 Å². The Morgan fingerprint density at radius 1 is 0.895 bits per heavy atom. The first-order chi connectivity index (χ1) is 17.9. The molecule has 1 aromatic carbocycles. The lowest BCUT2D eigenvalue weighted by Crippen LogP contribution is -2.58. The van der Waals surface area contributed by atoms with Gasteiger partial charge in [-0.1, -0.05) is 18.2 Å². The summed E-state index contributed by atoms with van der Waals surface area (Å²) in [6.07, 6.45) is 0.131. The predicted octanol–water partition coefficient (Wildman–Crippen LogP) is -2.69. The fourth-order valence-electron chi connectivity index (χ4n) is 3.58. The summed E-state index contributed by atoms with van der Waals surface area (Å²) in [6, 6.07) is 1.25. The third-order valence-corrected chi connectivity index (χ3v) is 5.57. The predicted molar refractivity (Wildman–Crippen MR) is 131 cm³/mol. The number of rotatable bonds is 15. The van der Waals surface area contributed by atoms with E-state index in [1.807, 2.05) is 29.6 Å². The molecular weight excluding hydrogens is 504 g/mol. The summed E-state index contributed by atoms with van der Waals surface area (Å²) in [5, 5.41) is 34.7. The molecule has 0 fully saturated rings. The second-order valence-electron chi connectivity index (χ2n) is 8.48. The number of amides is 4. The Bertz CT molecular complexity index is 1200. The molecular formula is C23H30N6O9. The topological polar surface area (TPSA) is 267 Å².